The van der Waals surface area contributed by atoms with Crippen LogP contribution in [-0.2, 0) is 14.1 Å². The summed E-state index contributed by atoms with van der Waals surface area (Å²) in [5.74, 6) is 0.712. The van der Waals surface area contributed by atoms with Gasteiger partial charge in [-0.25, -0.2) is 4.79 Å². The molecule has 1 fully saturated rings. The molecule has 0 bridgehead atoms. The fraction of sp³-hybridized carbons (Fsp3) is 0.421. The van der Waals surface area contributed by atoms with Gasteiger partial charge in [0.05, 0.1) is 6.04 Å². The molecule has 6 heteroatoms. The van der Waals surface area contributed by atoms with Gasteiger partial charge in [-0.2, -0.15) is 5.26 Å². The molecule has 0 aliphatic heterocycles. The van der Waals surface area contributed by atoms with Gasteiger partial charge in [0.2, 0.25) is 0 Å². The van der Waals surface area contributed by atoms with Gasteiger partial charge in [0, 0.05) is 14.1 Å². The molecule has 1 unspecified atom stereocenters. The maximum absolute atomic E-state index is 12.3. The Kier molecular flexibility index (Phi) is 4.75. The molecule has 1 N–H and O–H groups in total. The van der Waals surface area contributed by atoms with Crippen molar-refractivity contribution in [2.75, 3.05) is 5.32 Å². The van der Waals surface area contributed by atoms with Gasteiger partial charge >= 0.3 is 5.69 Å². The van der Waals surface area contributed by atoms with Crippen LogP contribution in [0.2, 0.25) is 0 Å². The van der Waals surface area contributed by atoms with Crippen LogP contribution in [0, 0.1) is 17.2 Å². The molecule has 0 spiro atoms. The second kappa shape index (κ2) is 6.98. The van der Waals surface area contributed by atoms with Gasteiger partial charge in [-0.05, 0) is 24.3 Å². The van der Waals surface area contributed by atoms with Crippen molar-refractivity contribution >= 4 is 5.82 Å². The van der Waals surface area contributed by atoms with E-state index in [1.807, 2.05) is 36.4 Å². The predicted octanol–water partition coefficient (Wildman–Crippen LogP) is 2.30. The molecule has 3 rings (SSSR count). The van der Waals surface area contributed by atoms with Gasteiger partial charge in [0.1, 0.15) is 11.9 Å². The number of aromatic nitrogens is 2. The number of benzene rings is 1. The Bertz CT molecular complexity index is 915. The third-order valence-electron chi connectivity index (χ3n) is 5.10. The number of nitrogens with one attached hydrogen (secondary N) is 1. The fourth-order valence-electron chi connectivity index (χ4n) is 3.69. The van der Waals surface area contributed by atoms with E-state index >= 15 is 0 Å². The lowest BCUT2D eigenvalue weighted by atomic mass is 9.91. The summed E-state index contributed by atoms with van der Waals surface area (Å²) in [4.78, 5) is 24.6. The normalized spacial score (nSPS) is 15.7. The van der Waals surface area contributed by atoms with E-state index in [2.05, 4.69) is 5.32 Å². The first kappa shape index (κ1) is 17.0. The van der Waals surface area contributed by atoms with Crippen molar-refractivity contribution < 1.29 is 0 Å². The highest BCUT2D eigenvalue weighted by atomic mass is 16.2. The molecule has 1 heterocycles. The molecular formula is C19H22N4O2. The SMILES string of the molecule is Cn1c(NC(c2ccccc2)C2CCCC2)c(C#N)c(=O)n(C)c1=O. The van der Waals surface area contributed by atoms with Gasteiger partial charge < -0.3 is 5.32 Å². The molecule has 6 nitrogen and oxygen atoms in total. The summed E-state index contributed by atoms with van der Waals surface area (Å²) in [6.45, 7) is 0. The third-order valence-corrected chi connectivity index (χ3v) is 5.10. The zero-order valence-corrected chi connectivity index (χ0v) is 14.5. The van der Waals surface area contributed by atoms with Gasteiger partial charge in [-0.3, -0.25) is 13.9 Å². The lowest BCUT2D eigenvalue weighted by Crippen LogP contribution is -2.40. The largest absolute Gasteiger partial charge is 0.363 e. The quantitative estimate of drug-likeness (QED) is 0.927. The molecule has 130 valence electrons. The summed E-state index contributed by atoms with van der Waals surface area (Å²) in [6, 6.07) is 11.9. The molecule has 1 aliphatic rings. The van der Waals surface area contributed by atoms with Crippen molar-refractivity contribution in [1.29, 1.82) is 5.26 Å². The van der Waals surface area contributed by atoms with Crippen molar-refractivity contribution in [3.05, 3.63) is 62.3 Å². The van der Waals surface area contributed by atoms with E-state index < -0.39 is 11.2 Å². The summed E-state index contributed by atoms with van der Waals surface area (Å²) in [5.41, 5.74) is 0.0750. The highest BCUT2D eigenvalue weighted by Gasteiger charge is 2.28. The average molecular weight is 338 g/mol. The summed E-state index contributed by atoms with van der Waals surface area (Å²) in [5, 5.41) is 12.8. The summed E-state index contributed by atoms with van der Waals surface area (Å²) >= 11 is 0. The van der Waals surface area contributed by atoms with Crippen LogP contribution < -0.4 is 16.6 Å². The lowest BCUT2D eigenvalue weighted by Gasteiger charge is -2.27. The van der Waals surface area contributed by atoms with Crippen molar-refractivity contribution in [1.82, 2.24) is 9.13 Å². The molecule has 0 saturated heterocycles. The van der Waals surface area contributed by atoms with Gasteiger partial charge in [-0.15, -0.1) is 0 Å². The average Bonchev–Trinajstić information content (AvgIpc) is 3.17. The van der Waals surface area contributed by atoms with Crippen LogP contribution in [0.25, 0.3) is 0 Å². The molecule has 1 saturated carbocycles. The second-order valence-corrected chi connectivity index (χ2v) is 6.62. The van der Waals surface area contributed by atoms with E-state index in [1.165, 1.54) is 24.5 Å². The summed E-state index contributed by atoms with van der Waals surface area (Å²) in [7, 11) is 2.97. The van der Waals surface area contributed by atoms with E-state index in [1.54, 1.807) is 7.05 Å². The lowest BCUT2D eigenvalue weighted by molar-refractivity contribution is 0.466. The van der Waals surface area contributed by atoms with Gasteiger partial charge in [-0.1, -0.05) is 43.2 Å². The Morgan fingerprint density at radius 3 is 2.36 bits per heavy atom. The van der Waals surface area contributed by atoms with E-state index in [0.29, 0.717) is 11.7 Å². The van der Waals surface area contributed by atoms with Crippen LogP contribution in [0.3, 0.4) is 0 Å². The fourth-order valence-corrected chi connectivity index (χ4v) is 3.69. The summed E-state index contributed by atoms with van der Waals surface area (Å²) < 4.78 is 2.32. The molecule has 0 amide bonds. The second-order valence-electron chi connectivity index (χ2n) is 6.62. The van der Waals surface area contributed by atoms with Crippen molar-refractivity contribution in [2.45, 2.75) is 31.7 Å². The molecule has 25 heavy (non-hydrogen) atoms. The Morgan fingerprint density at radius 2 is 1.76 bits per heavy atom. The zero-order valence-electron chi connectivity index (χ0n) is 14.5. The standard InChI is InChI=1S/C19H22N4O2/c1-22-17(15(12-20)18(24)23(2)19(22)25)21-16(14-10-6-7-11-14)13-8-4-3-5-9-13/h3-5,8-9,14,16,21H,6-7,10-11H2,1-2H3. The monoisotopic (exact) mass is 338 g/mol. The van der Waals surface area contributed by atoms with E-state index in [0.717, 1.165) is 23.0 Å². The van der Waals surface area contributed by atoms with Crippen LogP contribution in [0.1, 0.15) is 42.9 Å². The number of rotatable bonds is 4. The number of hydrogen-bond acceptors (Lipinski definition) is 4. The maximum Gasteiger partial charge on any atom is 0.332 e. The number of nitrogens with zero attached hydrogens (tertiary/aromatic N) is 3. The van der Waals surface area contributed by atoms with Gasteiger partial charge in [0.15, 0.2) is 5.56 Å². The minimum atomic E-state index is -0.564. The van der Waals surface area contributed by atoms with Crippen molar-refractivity contribution in [3.8, 4) is 6.07 Å². The molecule has 0 radical (unpaired) electrons. The van der Waals surface area contributed by atoms with Crippen molar-refractivity contribution in [2.24, 2.45) is 20.0 Å². The number of nitriles is 1. The smallest absolute Gasteiger partial charge is 0.332 e. The van der Waals surface area contributed by atoms with Crippen LogP contribution in [0.5, 0.6) is 0 Å². The Morgan fingerprint density at radius 1 is 1.12 bits per heavy atom. The molecule has 1 aliphatic carbocycles. The maximum atomic E-state index is 12.3. The topological polar surface area (TPSA) is 79.8 Å². The first-order chi connectivity index (χ1) is 12.0. The third kappa shape index (κ3) is 3.10. The number of anilines is 1. The molecular weight excluding hydrogens is 316 g/mol. The van der Waals surface area contributed by atoms with E-state index in [4.69, 9.17) is 0 Å². The Hall–Kier alpha value is -2.81. The molecule has 2 aromatic rings. The van der Waals surface area contributed by atoms with Crippen LogP contribution in [0.15, 0.2) is 39.9 Å². The molecule has 1 atom stereocenters. The Balaban J connectivity index is 2.11. The van der Waals surface area contributed by atoms with Crippen LogP contribution >= 0.6 is 0 Å². The molecule has 1 aromatic carbocycles. The van der Waals surface area contributed by atoms with E-state index in [-0.39, 0.29) is 11.6 Å². The predicted molar refractivity (Wildman–Crippen MR) is 96.4 cm³/mol. The summed E-state index contributed by atoms with van der Waals surface area (Å²) in [6.07, 6.45) is 4.53. The highest BCUT2D eigenvalue weighted by Crippen LogP contribution is 2.37. The Labute approximate surface area is 146 Å². The minimum absolute atomic E-state index is 0.0245. The highest BCUT2D eigenvalue weighted by molar-refractivity contribution is 5.52. The van der Waals surface area contributed by atoms with E-state index in [9.17, 15) is 14.9 Å². The number of hydrogen-bond donors (Lipinski definition) is 1. The van der Waals surface area contributed by atoms with Gasteiger partial charge in [0.25, 0.3) is 5.56 Å². The first-order valence-corrected chi connectivity index (χ1v) is 8.56. The van der Waals surface area contributed by atoms with Crippen LogP contribution in [-0.4, -0.2) is 9.13 Å². The minimum Gasteiger partial charge on any atom is -0.363 e. The zero-order chi connectivity index (χ0) is 18.0. The molecule has 1 aromatic heterocycles. The van der Waals surface area contributed by atoms with Crippen molar-refractivity contribution in [3.63, 3.8) is 0 Å². The first-order valence-electron chi connectivity index (χ1n) is 8.56. The van der Waals surface area contributed by atoms with Crippen LogP contribution in [0.4, 0.5) is 5.82 Å².